The Morgan fingerprint density at radius 2 is 2.18 bits per heavy atom. The fourth-order valence-corrected chi connectivity index (χ4v) is 1.43. The van der Waals surface area contributed by atoms with E-state index in [1.807, 2.05) is 12.1 Å². The van der Waals surface area contributed by atoms with Crippen LogP contribution in [0.1, 0.15) is 22.3 Å². The molecule has 0 bridgehead atoms. The van der Waals surface area contributed by atoms with Gasteiger partial charge in [-0.3, -0.25) is 0 Å². The van der Waals surface area contributed by atoms with Crippen LogP contribution in [-0.4, -0.2) is 24.7 Å². The molecule has 0 aliphatic carbocycles. The molecule has 0 amide bonds. The average molecular weight is 229 g/mol. The maximum Gasteiger partial charge on any atom is 0.335 e. The summed E-state index contributed by atoms with van der Waals surface area (Å²) >= 11 is 0. The minimum atomic E-state index is -1.06. The zero-order chi connectivity index (χ0) is 12.8. The molecule has 0 radical (unpaired) electrons. The van der Waals surface area contributed by atoms with Crippen LogP contribution in [0.25, 0.3) is 0 Å². The number of nitrogens with zero attached hydrogens (tertiary/aromatic N) is 3. The number of aromatic carboxylic acids is 1. The largest absolute Gasteiger partial charge is 0.478 e. The highest BCUT2D eigenvalue weighted by Gasteiger charge is 2.11. The predicted molar refractivity (Wildman–Crippen MR) is 61.6 cm³/mol. The van der Waals surface area contributed by atoms with Gasteiger partial charge in [0.05, 0.1) is 29.3 Å². The van der Waals surface area contributed by atoms with Crippen LogP contribution in [0.5, 0.6) is 0 Å². The van der Waals surface area contributed by atoms with E-state index < -0.39 is 5.97 Å². The van der Waals surface area contributed by atoms with E-state index in [9.17, 15) is 4.79 Å². The highest BCUT2D eigenvalue weighted by atomic mass is 16.4. The predicted octanol–water partition coefficient (Wildman–Crippen LogP) is 1.61. The first-order valence-corrected chi connectivity index (χ1v) is 4.95. The zero-order valence-electron chi connectivity index (χ0n) is 9.34. The van der Waals surface area contributed by atoms with Crippen LogP contribution < -0.4 is 4.90 Å². The van der Waals surface area contributed by atoms with E-state index in [-0.39, 0.29) is 5.56 Å². The molecule has 0 heterocycles. The molecule has 5 heteroatoms. The molecule has 0 fully saturated rings. The molecule has 86 valence electrons. The second kappa shape index (κ2) is 5.53. The van der Waals surface area contributed by atoms with Gasteiger partial charge in [0.15, 0.2) is 0 Å². The van der Waals surface area contributed by atoms with Gasteiger partial charge in [-0.1, -0.05) is 0 Å². The van der Waals surface area contributed by atoms with E-state index >= 15 is 0 Å². The maximum absolute atomic E-state index is 10.8. The lowest BCUT2D eigenvalue weighted by atomic mass is 10.1. The van der Waals surface area contributed by atoms with Gasteiger partial charge in [-0.25, -0.2) is 4.79 Å². The minimum absolute atomic E-state index is 0.0824. The van der Waals surface area contributed by atoms with Crippen molar-refractivity contribution in [3.8, 4) is 12.1 Å². The second-order valence-electron chi connectivity index (χ2n) is 3.48. The van der Waals surface area contributed by atoms with Gasteiger partial charge < -0.3 is 10.0 Å². The number of nitriles is 2. The maximum atomic E-state index is 10.8. The summed E-state index contributed by atoms with van der Waals surface area (Å²) in [4.78, 5) is 12.5. The molecule has 0 aliphatic rings. The standard InChI is InChI=1S/C12H11N3O2/c1-15(6-2-5-13)11-4-3-9(12(16)17)7-10(11)8-14/h3-4,7H,2,6H2,1H3,(H,16,17). The Hall–Kier alpha value is -2.53. The highest BCUT2D eigenvalue weighted by molar-refractivity contribution is 5.89. The molecule has 0 saturated carbocycles. The van der Waals surface area contributed by atoms with Gasteiger partial charge in [-0.15, -0.1) is 0 Å². The topological polar surface area (TPSA) is 88.1 Å². The van der Waals surface area contributed by atoms with Crippen molar-refractivity contribution in [2.24, 2.45) is 0 Å². The SMILES string of the molecule is CN(CCC#N)c1ccc(C(=O)O)cc1C#N. The number of rotatable bonds is 4. The summed E-state index contributed by atoms with van der Waals surface area (Å²) < 4.78 is 0. The van der Waals surface area contributed by atoms with Crippen LogP contribution in [0, 0.1) is 22.7 Å². The number of benzene rings is 1. The molecular weight excluding hydrogens is 218 g/mol. The number of hydrogen-bond acceptors (Lipinski definition) is 4. The molecule has 0 saturated heterocycles. The molecule has 1 rings (SSSR count). The summed E-state index contributed by atoms with van der Waals surface area (Å²) in [6.07, 6.45) is 0.349. The van der Waals surface area contributed by atoms with Crippen LogP contribution in [0.2, 0.25) is 0 Å². The Morgan fingerprint density at radius 1 is 1.47 bits per heavy atom. The number of anilines is 1. The van der Waals surface area contributed by atoms with Crippen molar-refractivity contribution < 1.29 is 9.90 Å². The quantitative estimate of drug-likeness (QED) is 0.847. The van der Waals surface area contributed by atoms with E-state index in [2.05, 4.69) is 0 Å². The Balaban J connectivity index is 3.06. The number of carboxylic acid groups (broad SMARTS) is 1. The summed E-state index contributed by atoms with van der Waals surface area (Å²) in [6.45, 7) is 0.498. The minimum Gasteiger partial charge on any atom is -0.478 e. The first kappa shape index (κ1) is 12.5. The van der Waals surface area contributed by atoms with Gasteiger partial charge in [-0.2, -0.15) is 10.5 Å². The van der Waals surface area contributed by atoms with Crippen molar-refractivity contribution >= 4 is 11.7 Å². The van der Waals surface area contributed by atoms with Crippen molar-refractivity contribution in [2.75, 3.05) is 18.5 Å². The molecule has 0 unspecified atom stereocenters. The molecule has 17 heavy (non-hydrogen) atoms. The third-order valence-corrected chi connectivity index (χ3v) is 2.33. The molecular formula is C12H11N3O2. The Kier molecular flexibility index (Phi) is 4.08. The highest BCUT2D eigenvalue weighted by Crippen LogP contribution is 2.20. The number of hydrogen-bond donors (Lipinski definition) is 1. The van der Waals surface area contributed by atoms with Crippen molar-refractivity contribution in [1.29, 1.82) is 10.5 Å². The Morgan fingerprint density at radius 3 is 2.71 bits per heavy atom. The monoisotopic (exact) mass is 229 g/mol. The van der Waals surface area contributed by atoms with E-state index in [1.54, 1.807) is 18.0 Å². The number of carbonyl (C=O) groups is 1. The van der Waals surface area contributed by atoms with E-state index in [0.717, 1.165) is 0 Å². The lowest BCUT2D eigenvalue weighted by Crippen LogP contribution is -2.19. The van der Waals surface area contributed by atoms with Crippen LogP contribution in [0.4, 0.5) is 5.69 Å². The lowest BCUT2D eigenvalue weighted by molar-refractivity contribution is 0.0697. The molecule has 0 aromatic heterocycles. The average Bonchev–Trinajstić information content (AvgIpc) is 2.34. The Bertz CT molecular complexity index is 511. The third-order valence-electron chi connectivity index (χ3n) is 2.33. The third kappa shape index (κ3) is 2.96. The number of carboxylic acids is 1. The molecule has 0 aliphatic heterocycles. The van der Waals surface area contributed by atoms with Crippen molar-refractivity contribution in [3.05, 3.63) is 29.3 Å². The fourth-order valence-electron chi connectivity index (χ4n) is 1.43. The van der Waals surface area contributed by atoms with Gasteiger partial charge >= 0.3 is 5.97 Å². The summed E-state index contributed by atoms with van der Waals surface area (Å²) in [7, 11) is 1.76. The van der Waals surface area contributed by atoms with E-state index in [1.165, 1.54) is 12.1 Å². The summed E-state index contributed by atoms with van der Waals surface area (Å²) in [5.41, 5.74) is 1.01. The first-order valence-electron chi connectivity index (χ1n) is 4.95. The van der Waals surface area contributed by atoms with Crippen LogP contribution in [-0.2, 0) is 0 Å². The summed E-state index contributed by atoms with van der Waals surface area (Å²) in [5.74, 6) is -1.06. The summed E-state index contributed by atoms with van der Waals surface area (Å²) in [5, 5.41) is 26.3. The van der Waals surface area contributed by atoms with Crippen molar-refractivity contribution in [2.45, 2.75) is 6.42 Å². The molecule has 0 atom stereocenters. The smallest absolute Gasteiger partial charge is 0.335 e. The van der Waals surface area contributed by atoms with Crippen molar-refractivity contribution in [1.82, 2.24) is 0 Å². The van der Waals surface area contributed by atoms with Crippen LogP contribution >= 0.6 is 0 Å². The van der Waals surface area contributed by atoms with Gasteiger partial charge in [0.25, 0.3) is 0 Å². The second-order valence-corrected chi connectivity index (χ2v) is 3.48. The first-order chi connectivity index (χ1) is 8.10. The van der Waals surface area contributed by atoms with E-state index in [4.69, 9.17) is 15.6 Å². The van der Waals surface area contributed by atoms with Crippen LogP contribution in [0.15, 0.2) is 18.2 Å². The normalized spacial score (nSPS) is 9.12. The fraction of sp³-hybridized carbons (Fsp3) is 0.250. The summed E-state index contributed by atoms with van der Waals surface area (Å²) in [6, 6.07) is 8.34. The molecule has 1 N–H and O–H groups in total. The van der Waals surface area contributed by atoms with E-state index in [0.29, 0.717) is 24.2 Å². The van der Waals surface area contributed by atoms with Gasteiger partial charge in [0.1, 0.15) is 6.07 Å². The Labute approximate surface area is 99.1 Å². The zero-order valence-corrected chi connectivity index (χ0v) is 9.34. The molecule has 0 spiro atoms. The molecule has 1 aromatic carbocycles. The molecule has 1 aromatic rings. The van der Waals surface area contributed by atoms with Gasteiger partial charge in [-0.05, 0) is 18.2 Å². The van der Waals surface area contributed by atoms with Gasteiger partial charge in [0, 0.05) is 13.6 Å². The lowest BCUT2D eigenvalue weighted by Gasteiger charge is -2.19. The van der Waals surface area contributed by atoms with Crippen molar-refractivity contribution in [3.63, 3.8) is 0 Å². The van der Waals surface area contributed by atoms with Gasteiger partial charge in [0.2, 0.25) is 0 Å². The van der Waals surface area contributed by atoms with Crippen LogP contribution in [0.3, 0.4) is 0 Å². The molecule has 5 nitrogen and oxygen atoms in total.